The van der Waals surface area contributed by atoms with Crippen LogP contribution in [0.1, 0.15) is 48.8 Å². The first kappa shape index (κ1) is 19.7. The van der Waals surface area contributed by atoms with Crippen LogP contribution < -0.4 is 10.2 Å². The molecule has 4 heteroatoms. The third-order valence-electron chi connectivity index (χ3n) is 6.41. The molecule has 0 saturated carbocycles. The van der Waals surface area contributed by atoms with Gasteiger partial charge in [-0.25, -0.2) is 0 Å². The van der Waals surface area contributed by atoms with Crippen molar-refractivity contribution in [3.05, 3.63) is 78.1 Å². The minimum absolute atomic E-state index is 0.105. The number of anilines is 1. The number of carbonyl (C=O) groups is 1. The Kier molecular flexibility index (Phi) is 5.14. The molecule has 1 amide bonds. The lowest BCUT2D eigenvalue weighted by atomic mass is 9.99. The van der Waals surface area contributed by atoms with Crippen LogP contribution >= 0.6 is 0 Å². The molecule has 1 aliphatic rings. The molecule has 31 heavy (non-hydrogen) atoms. The molecule has 1 fully saturated rings. The van der Waals surface area contributed by atoms with Crippen molar-refractivity contribution in [1.29, 1.82) is 0 Å². The van der Waals surface area contributed by atoms with Gasteiger partial charge in [-0.2, -0.15) is 0 Å². The van der Waals surface area contributed by atoms with Crippen molar-refractivity contribution in [1.82, 2.24) is 5.32 Å². The monoisotopic (exact) mass is 412 g/mol. The fourth-order valence-electron chi connectivity index (χ4n) is 4.65. The van der Waals surface area contributed by atoms with E-state index in [4.69, 9.17) is 4.42 Å². The van der Waals surface area contributed by atoms with E-state index in [1.165, 1.54) is 18.5 Å². The highest BCUT2D eigenvalue weighted by atomic mass is 16.3. The van der Waals surface area contributed by atoms with Gasteiger partial charge in [0, 0.05) is 24.2 Å². The Morgan fingerprint density at radius 1 is 1.06 bits per heavy atom. The fourth-order valence-corrected chi connectivity index (χ4v) is 4.65. The summed E-state index contributed by atoms with van der Waals surface area (Å²) in [4.78, 5) is 15.3. The zero-order chi connectivity index (χ0) is 21.4. The molecule has 2 atom stereocenters. The molecule has 0 unspecified atom stereocenters. The lowest BCUT2D eigenvalue weighted by Gasteiger charge is -2.33. The van der Waals surface area contributed by atoms with Gasteiger partial charge in [0.2, 0.25) is 0 Å². The molecule has 1 N–H and O–H groups in total. The van der Waals surface area contributed by atoms with E-state index in [1.54, 1.807) is 0 Å². The van der Waals surface area contributed by atoms with Gasteiger partial charge in [-0.3, -0.25) is 4.79 Å². The van der Waals surface area contributed by atoms with Crippen molar-refractivity contribution in [2.75, 3.05) is 18.0 Å². The number of furan rings is 1. The van der Waals surface area contributed by atoms with Crippen molar-refractivity contribution >= 4 is 33.3 Å². The van der Waals surface area contributed by atoms with Gasteiger partial charge >= 0.3 is 0 Å². The number of amides is 1. The standard InChI is InChI=1S/C27H28N2O2/c1-18-6-5-15-29(17-18)22-12-9-20(10-13-22)19(2)28-27(30)26-16-24-23-8-4-3-7-21(23)11-14-25(24)31-26/h3-4,7-14,16,18-19H,5-6,15,17H2,1-2H3,(H,28,30)/t18-,19+/m1/s1. The molecule has 1 saturated heterocycles. The molecule has 0 radical (unpaired) electrons. The number of hydrogen-bond acceptors (Lipinski definition) is 3. The summed E-state index contributed by atoms with van der Waals surface area (Å²) in [7, 11) is 0. The van der Waals surface area contributed by atoms with E-state index in [-0.39, 0.29) is 11.9 Å². The maximum atomic E-state index is 12.9. The van der Waals surface area contributed by atoms with E-state index in [1.807, 2.05) is 37.3 Å². The van der Waals surface area contributed by atoms with Gasteiger partial charge in [-0.05, 0) is 66.3 Å². The van der Waals surface area contributed by atoms with Crippen LogP contribution in [0.5, 0.6) is 0 Å². The summed E-state index contributed by atoms with van der Waals surface area (Å²) in [5.41, 5.74) is 3.08. The van der Waals surface area contributed by atoms with Crippen LogP contribution in [0.2, 0.25) is 0 Å². The molecule has 3 aromatic carbocycles. The minimum atomic E-state index is -0.193. The molecule has 4 nitrogen and oxygen atoms in total. The van der Waals surface area contributed by atoms with Gasteiger partial charge in [-0.1, -0.05) is 49.4 Å². The highest BCUT2D eigenvalue weighted by Crippen LogP contribution is 2.29. The summed E-state index contributed by atoms with van der Waals surface area (Å²) in [5, 5.41) is 6.28. The quantitative estimate of drug-likeness (QED) is 0.427. The first-order chi connectivity index (χ1) is 15.1. The lowest BCUT2D eigenvalue weighted by Crippen LogP contribution is -2.34. The summed E-state index contributed by atoms with van der Waals surface area (Å²) in [6.07, 6.45) is 2.57. The first-order valence-electron chi connectivity index (χ1n) is 11.2. The van der Waals surface area contributed by atoms with Crippen LogP contribution in [-0.2, 0) is 0 Å². The summed E-state index contributed by atoms with van der Waals surface area (Å²) in [6, 6.07) is 22.4. The zero-order valence-corrected chi connectivity index (χ0v) is 18.1. The van der Waals surface area contributed by atoms with Crippen LogP contribution in [0.25, 0.3) is 21.7 Å². The Morgan fingerprint density at radius 2 is 1.87 bits per heavy atom. The van der Waals surface area contributed by atoms with Gasteiger partial charge in [0.05, 0.1) is 6.04 Å². The first-order valence-corrected chi connectivity index (χ1v) is 11.2. The maximum Gasteiger partial charge on any atom is 0.287 e. The zero-order valence-electron chi connectivity index (χ0n) is 18.1. The normalized spacial score (nSPS) is 17.7. The molecule has 158 valence electrons. The molecule has 5 rings (SSSR count). The number of hydrogen-bond donors (Lipinski definition) is 1. The average molecular weight is 413 g/mol. The molecule has 0 bridgehead atoms. The second kappa shape index (κ2) is 8.10. The average Bonchev–Trinajstić information content (AvgIpc) is 3.24. The third-order valence-corrected chi connectivity index (χ3v) is 6.41. The van der Waals surface area contributed by atoms with Crippen molar-refractivity contribution in [3.63, 3.8) is 0 Å². The second-order valence-corrected chi connectivity index (χ2v) is 8.79. The largest absolute Gasteiger partial charge is 0.451 e. The third kappa shape index (κ3) is 3.90. The highest BCUT2D eigenvalue weighted by Gasteiger charge is 2.19. The van der Waals surface area contributed by atoms with Crippen molar-refractivity contribution in [2.24, 2.45) is 5.92 Å². The van der Waals surface area contributed by atoms with E-state index in [9.17, 15) is 4.79 Å². The van der Waals surface area contributed by atoms with Gasteiger partial charge in [0.1, 0.15) is 5.58 Å². The van der Waals surface area contributed by atoms with Crippen molar-refractivity contribution in [3.8, 4) is 0 Å². The minimum Gasteiger partial charge on any atom is -0.451 e. The number of nitrogens with one attached hydrogen (secondary N) is 1. The highest BCUT2D eigenvalue weighted by molar-refractivity contribution is 6.08. The second-order valence-electron chi connectivity index (χ2n) is 8.79. The predicted molar refractivity (Wildman–Crippen MR) is 127 cm³/mol. The Hall–Kier alpha value is -3.27. The predicted octanol–water partition coefficient (Wildman–Crippen LogP) is 6.31. The van der Waals surface area contributed by atoms with Crippen LogP contribution in [0.15, 0.2) is 71.1 Å². The number of benzene rings is 3. The van der Waals surface area contributed by atoms with Gasteiger partial charge < -0.3 is 14.6 Å². The molecule has 0 aliphatic carbocycles. The molecule has 2 heterocycles. The summed E-state index contributed by atoms with van der Waals surface area (Å²) in [6.45, 7) is 6.57. The molecule has 0 spiro atoms. The Morgan fingerprint density at radius 3 is 2.68 bits per heavy atom. The summed E-state index contributed by atoms with van der Waals surface area (Å²) >= 11 is 0. The molecular formula is C27H28N2O2. The lowest BCUT2D eigenvalue weighted by molar-refractivity contribution is 0.0914. The van der Waals surface area contributed by atoms with E-state index < -0.39 is 0 Å². The summed E-state index contributed by atoms with van der Waals surface area (Å²) in [5.74, 6) is 0.895. The molecular weight excluding hydrogens is 384 g/mol. The van der Waals surface area contributed by atoms with E-state index >= 15 is 0 Å². The van der Waals surface area contributed by atoms with Gasteiger partial charge in [-0.15, -0.1) is 0 Å². The van der Waals surface area contributed by atoms with E-state index in [0.29, 0.717) is 5.76 Å². The fraction of sp³-hybridized carbons (Fsp3) is 0.296. The molecule has 4 aromatic rings. The smallest absolute Gasteiger partial charge is 0.287 e. The van der Waals surface area contributed by atoms with Crippen molar-refractivity contribution < 1.29 is 9.21 Å². The Labute approximate surface area is 182 Å². The van der Waals surface area contributed by atoms with E-state index in [2.05, 4.69) is 53.5 Å². The number of nitrogens with zero attached hydrogens (tertiary/aromatic N) is 1. The number of piperidine rings is 1. The van der Waals surface area contributed by atoms with Crippen LogP contribution in [0.4, 0.5) is 5.69 Å². The Bertz CT molecular complexity index is 1230. The van der Waals surface area contributed by atoms with Crippen LogP contribution in [0, 0.1) is 5.92 Å². The SMILES string of the molecule is C[C@@H]1CCCN(c2ccc([C@H](C)NC(=O)c3cc4c(ccc5ccccc54)o3)cc2)C1. The summed E-state index contributed by atoms with van der Waals surface area (Å²) < 4.78 is 5.86. The van der Waals surface area contributed by atoms with Gasteiger partial charge in [0.25, 0.3) is 5.91 Å². The van der Waals surface area contributed by atoms with Crippen LogP contribution in [-0.4, -0.2) is 19.0 Å². The number of fused-ring (bicyclic) bond motifs is 3. The molecule has 1 aromatic heterocycles. The topological polar surface area (TPSA) is 45.5 Å². The Balaban J connectivity index is 1.31. The van der Waals surface area contributed by atoms with Crippen LogP contribution in [0.3, 0.4) is 0 Å². The van der Waals surface area contributed by atoms with Gasteiger partial charge in [0.15, 0.2) is 5.76 Å². The maximum absolute atomic E-state index is 12.9. The molecule has 1 aliphatic heterocycles. The van der Waals surface area contributed by atoms with Crippen molar-refractivity contribution in [2.45, 2.75) is 32.7 Å². The number of carbonyl (C=O) groups excluding carboxylic acids is 1. The number of rotatable bonds is 4. The van der Waals surface area contributed by atoms with E-state index in [0.717, 1.165) is 46.3 Å².